The summed E-state index contributed by atoms with van der Waals surface area (Å²) < 4.78 is 7.40. The lowest BCUT2D eigenvalue weighted by molar-refractivity contribution is 0.0957. The van der Waals surface area contributed by atoms with Crippen LogP contribution in [0, 0.1) is 0 Å². The van der Waals surface area contributed by atoms with Crippen molar-refractivity contribution in [1.82, 2.24) is 10.0 Å². The molecule has 1 amide bonds. The van der Waals surface area contributed by atoms with Crippen LogP contribution in [-0.4, -0.2) is 30.0 Å². The van der Waals surface area contributed by atoms with E-state index in [9.17, 15) is 9.59 Å². The number of ketones is 1. The third kappa shape index (κ3) is 3.18. The van der Waals surface area contributed by atoms with Gasteiger partial charge in [0.05, 0.1) is 23.9 Å². The Morgan fingerprint density at radius 2 is 2.14 bits per heavy atom. The number of fused-ring (bicyclic) bond motifs is 1. The Labute approximate surface area is 132 Å². The van der Waals surface area contributed by atoms with Crippen molar-refractivity contribution in [2.75, 3.05) is 6.54 Å². The van der Waals surface area contributed by atoms with Gasteiger partial charge < -0.3 is 5.32 Å². The molecule has 5 nitrogen and oxygen atoms in total. The third-order valence-corrected chi connectivity index (χ3v) is 4.14. The molecule has 1 heterocycles. The van der Waals surface area contributed by atoms with Crippen LogP contribution in [-0.2, 0) is 0 Å². The average Bonchev–Trinajstić information content (AvgIpc) is 3.00. The van der Waals surface area contributed by atoms with Gasteiger partial charge in [0.15, 0.2) is 5.78 Å². The zero-order chi connectivity index (χ0) is 15.5. The highest BCUT2D eigenvalue weighted by atomic mass is 32.2. The number of hydrogen-bond acceptors (Lipinski definition) is 5. The smallest absolute Gasteiger partial charge is 0.251 e. The summed E-state index contributed by atoms with van der Waals surface area (Å²) in [6, 6.07) is 6.85. The summed E-state index contributed by atoms with van der Waals surface area (Å²) in [6.07, 6.45) is 5.95. The minimum absolute atomic E-state index is 0.0517. The Morgan fingerprint density at radius 1 is 1.32 bits per heavy atom. The summed E-state index contributed by atoms with van der Waals surface area (Å²) in [5, 5.41) is 2.87. The highest BCUT2D eigenvalue weighted by Gasteiger charge is 2.20. The number of carbonyl (C=O) groups excluding carboxylic acids is 2. The van der Waals surface area contributed by atoms with Crippen LogP contribution in [0.4, 0.5) is 0 Å². The first-order valence-electron chi connectivity index (χ1n) is 6.91. The Balaban J connectivity index is 1.63. The van der Waals surface area contributed by atoms with E-state index in [-0.39, 0.29) is 17.7 Å². The van der Waals surface area contributed by atoms with Gasteiger partial charge in [-0.15, -0.1) is 0 Å². The van der Waals surface area contributed by atoms with Crippen LogP contribution in [0.1, 0.15) is 27.6 Å². The quantitative estimate of drug-likeness (QED) is 0.659. The molecule has 22 heavy (non-hydrogen) atoms. The van der Waals surface area contributed by atoms with Gasteiger partial charge in [0.1, 0.15) is 0 Å². The van der Waals surface area contributed by atoms with Crippen LogP contribution in [0.15, 0.2) is 52.5 Å². The maximum absolute atomic E-state index is 12.2. The van der Waals surface area contributed by atoms with Gasteiger partial charge in [-0.2, -0.15) is 0 Å². The molecule has 0 fully saturated rings. The zero-order valence-electron chi connectivity index (χ0n) is 12.0. The first-order valence-corrected chi connectivity index (χ1v) is 7.68. The highest BCUT2D eigenvalue weighted by Crippen LogP contribution is 2.18. The van der Waals surface area contributed by atoms with E-state index in [1.54, 1.807) is 24.3 Å². The fraction of sp³-hybridized carbons (Fsp3) is 0.188. The van der Waals surface area contributed by atoms with Gasteiger partial charge in [-0.25, -0.2) is 9.12 Å². The maximum atomic E-state index is 12.2. The Bertz CT molecular complexity index is 722. The summed E-state index contributed by atoms with van der Waals surface area (Å²) >= 11 is 1.33. The molecular weight excluding hydrogens is 298 g/mol. The molecule has 0 spiro atoms. The van der Waals surface area contributed by atoms with Gasteiger partial charge in [0, 0.05) is 17.7 Å². The molecule has 0 saturated carbocycles. The molecule has 0 radical (unpaired) electrons. The first kappa shape index (κ1) is 14.7. The van der Waals surface area contributed by atoms with Gasteiger partial charge in [0.2, 0.25) is 0 Å². The molecule has 1 aliphatic heterocycles. The number of benzene rings is 1. The molecule has 1 atom stereocenters. The van der Waals surface area contributed by atoms with E-state index in [0.717, 1.165) is 11.3 Å². The molecule has 0 bridgehead atoms. The fourth-order valence-corrected chi connectivity index (χ4v) is 2.89. The van der Waals surface area contributed by atoms with Gasteiger partial charge >= 0.3 is 0 Å². The lowest BCUT2D eigenvalue weighted by atomic mass is 10.0. The molecule has 2 N–H and O–H groups in total. The molecule has 1 unspecified atom stereocenters. The normalized spacial score (nSPS) is 19.2. The molecule has 0 saturated heterocycles. The van der Waals surface area contributed by atoms with Crippen molar-refractivity contribution in [3.8, 4) is 0 Å². The summed E-state index contributed by atoms with van der Waals surface area (Å²) in [5.41, 5.74) is 3.05. The maximum Gasteiger partial charge on any atom is 0.251 e. The van der Waals surface area contributed by atoms with Gasteiger partial charge in [-0.05, 0) is 30.7 Å². The first-order chi connectivity index (χ1) is 10.6. The third-order valence-electron chi connectivity index (χ3n) is 3.48. The highest BCUT2D eigenvalue weighted by molar-refractivity contribution is 7.96. The van der Waals surface area contributed by atoms with Crippen LogP contribution in [0.3, 0.4) is 0 Å². The van der Waals surface area contributed by atoms with Crippen LogP contribution < -0.4 is 10.0 Å². The Kier molecular flexibility index (Phi) is 4.22. The molecule has 2 aliphatic rings. The summed E-state index contributed by atoms with van der Waals surface area (Å²) in [4.78, 5) is 23.5. The molecule has 1 aromatic carbocycles. The largest absolute Gasteiger partial charge is 0.348 e. The molecule has 3 rings (SSSR count). The number of nitrogens with zero attached hydrogens (tertiary/aromatic N) is 1. The van der Waals surface area contributed by atoms with E-state index in [1.165, 1.54) is 19.1 Å². The van der Waals surface area contributed by atoms with Crippen molar-refractivity contribution >= 4 is 29.5 Å². The van der Waals surface area contributed by atoms with E-state index >= 15 is 0 Å². The van der Waals surface area contributed by atoms with Crippen LogP contribution in [0.25, 0.3) is 0 Å². The van der Waals surface area contributed by atoms with Crippen molar-refractivity contribution in [2.45, 2.75) is 13.0 Å². The van der Waals surface area contributed by atoms with Gasteiger partial charge in [0.25, 0.3) is 5.91 Å². The summed E-state index contributed by atoms with van der Waals surface area (Å²) in [7, 11) is 0. The van der Waals surface area contributed by atoms with Crippen molar-refractivity contribution in [3.05, 3.63) is 59.2 Å². The number of carbonyl (C=O) groups is 2. The lowest BCUT2D eigenvalue weighted by Gasteiger charge is -2.14. The Hall–Kier alpha value is -2.18. The number of Topliss-reactive ketones (excluding diaryl/α,β-unsaturated/α-hetero) is 1. The second kappa shape index (κ2) is 6.29. The SMILES string of the molecule is CC(=O)c1cccc(C(=O)NCC2=CC3NSN=C3C=C2)c1. The van der Waals surface area contributed by atoms with Crippen LogP contribution in [0.2, 0.25) is 0 Å². The monoisotopic (exact) mass is 313 g/mol. The zero-order valence-corrected chi connectivity index (χ0v) is 12.8. The van der Waals surface area contributed by atoms with Crippen LogP contribution >= 0.6 is 12.1 Å². The molecular formula is C16H15N3O2S. The van der Waals surface area contributed by atoms with Crippen molar-refractivity contribution in [2.24, 2.45) is 4.40 Å². The Morgan fingerprint density at radius 3 is 2.95 bits per heavy atom. The second-order valence-electron chi connectivity index (χ2n) is 5.10. The average molecular weight is 313 g/mol. The van der Waals surface area contributed by atoms with Crippen molar-refractivity contribution in [3.63, 3.8) is 0 Å². The van der Waals surface area contributed by atoms with Crippen LogP contribution in [0.5, 0.6) is 0 Å². The lowest BCUT2D eigenvalue weighted by Crippen LogP contribution is -2.30. The molecule has 6 heteroatoms. The molecule has 1 aliphatic carbocycles. The molecule has 1 aromatic rings. The minimum atomic E-state index is -0.189. The predicted octanol–water partition coefficient (Wildman–Crippen LogP) is 2.09. The van der Waals surface area contributed by atoms with E-state index in [2.05, 4.69) is 14.4 Å². The van der Waals surface area contributed by atoms with Gasteiger partial charge in [-0.1, -0.05) is 24.3 Å². The number of nitrogens with one attached hydrogen (secondary N) is 2. The minimum Gasteiger partial charge on any atom is -0.348 e. The van der Waals surface area contributed by atoms with Crippen molar-refractivity contribution < 1.29 is 9.59 Å². The van der Waals surface area contributed by atoms with Gasteiger partial charge in [-0.3, -0.25) is 9.59 Å². The number of amides is 1. The standard InChI is InChI=1S/C16H15N3O2S/c1-10(20)12-3-2-4-13(8-12)16(21)17-9-11-5-6-14-15(7-11)19-22-18-14/h2-8,15,19H,9H2,1H3,(H,17,21). The molecule has 112 valence electrons. The van der Waals surface area contributed by atoms with E-state index in [0.29, 0.717) is 17.7 Å². The van der Waals surface area contributed by atoms with E-state index in [1.807, 2.05) is 18.2 Å². The van der Waals surface area contributed by atoms with Crippen molar-refractivity contribution in [1.29, 1.82) is 0 Å². The molecule has 0 aromatic heterocycles. The number of hydrogen-bond donors (Lipinski definition) is 2. The fourth-order valence-electron chi connectivity index (χ4n) is 2.25. The van der Waals surface area contributed by atoms with E-state index in [4.69, 9.17) is 0 Å². The number of rotatable bonds is 4. The summed E-state index contributed by atoms with van der Waals surface area (Å²) in [6.45, 7) is 1.93. The van der Waals surface area contributed by atoms with E-state index < -0.39 is 0 Å². The summed E-state index contributed by atoms with van der Waals surface area (Å²) in [5.74, 6) is -0.241. The second-order valence-corrected chi connectivity index (χ2v) is 5.70. The topological polar surface area (TPSA) is 70.6 Å². The predicted molar refractivity (Wildman–Crippen MR) is 88.0 cm³/mol.